The summed E-state index contributed by atoms with van der Waals surface area (Å²) in [5, 5.41) is 4.57. The third-order valence-electron chi connectivity index (χ3n) is 2.82. The van der Waals surface area contributed by atoms with Crippen molar-refractivity contribution in [2.75, 3.05) is 12.8 Å². The molecule has 0 bridgehead atoms. The third kappa shape index (κ3) is 2.18. The second-order valence-corrected chi connectivity index (χ2v) is 5.29. The molecule has 0 amide bonds. The predicted molar refractivity (Wildman–Crippen MR) is 73.2 cm³/mol. The lowest BCUT2D eigenvalue weighted by molar-refractivity contribution is 0.411. The fourth-order valence-corrected chi connectivity index (χ4v) is 1.76. The summed E-state index contributed by atoms with van der Waals surface area (Å²) in [7, 11) is 1.64. The zero-order valence-corrected chi connectivity index (χ0v) is 11.3. The maximum absolute atomic E-state index is 6.04. The normalized spacial score (nSPS) is 11.6. The summed E-state index contributed by atoms with van der Waals surface area (Å²) in [6.07, 6.45) is 0. The molecule has 0 aliphatic carbocycles. The van der Waals surface area contributed by atoms with Gasteiger partial charge in [-0.25, -0.2) is 4.68 Å². The van der Waals surface area contributed by atoms with Gasteiger partial charge >= 0.3 is 0 Å². The van der Waals surface area contributed by atoms with E-state index >= 15 is 0 Å². The van der Waals surface area contributed by atoms with Crippen molar-refractivity contribution in [3.63, 3.8) is 0 Å². The highest BCUT2D eigenvalue weighted by molar-refractivity contribution is 5.51. The molecule has 4 nitrogen and oxygen atoms in total. The number of nitrogen functional groups attached to an aromatic ring is 1. The topological polar surface area (TPSA) is 53.1 Å². The van der Waals surface area contributed by atoms with Crippen LogP contribution in [0.1, 0.15) is 26.5 Å². The molecule has 1 aromatic carbocycles. The lowest BCUT2D eigenvalue weighted by atomic mass is 9.92. The SMILES string of the molecule is COc1ccccc1-n1nc(C(C)(C)C)cc1N. The number of methoxy groups -OCH3 is 1. The van der Waals surface area contributed by atoms with E-state index in [0.717, 1.165) is 17.1 Å². The van der Waals surface area contributed by atoms with Crippen LogP contribution in [-0.4, -0.2) is 16.9 Å². The maximum atomic E-state index is 6.04. The van der Waals surface area contributed by atoms with Crippen molar-refractivity contribution in [2.24, 2.45) is 0 Å². The molecule has 0 fully saturated rings. The largest absolute Gasteiger partial charge is 0.494 e. The molecule has 2 rings (SSSR count). The summed E-state index contributed by atoms with van der Waals surface area (Å²) >= 11 is 0. The summed E-state index contributed by atoms with van der Waals surface area (Å²) in [5.74, 6) is 1.37. The van der Waals surface area contributed by atoms with Crippen LogP contribution in [0.15, 0.2) is 30.3 Å². The van der Waals surface area contributed by atoms with E-state index in [1.54, 1.807) is 11.8 Å². The second-order valence-electron chi connectivity index (χ2n) is 5.29. The summed E-state index contributed by atoms with van der Waals surface area (Å²) in [6, 6.07) is 9.61. The van der Waals surface area contributed by atoms with Crippen molar-refractivity contribution < 1.29 is 4.74 Å². The molecule has 0 spiro atoms. The number of nitrogens with zero attached hydrogens (tertiary/aromatic N) is 2. The Kier molecular flexibility index (Phi) is 3.03. The molecule has 0 saturated carbocycles. The van der Waals surface area contributed by atoms with Gasteiger partial charge in [0, 0.05) is 11.5 Å². The highest BCUT2D eigenvalue weighted by Crippen LogP contribution is 2.28. The van der Waals surface area contributed by atoms with Crippen molar-refractivity contribution in [3.05, 3.63) is 36.0 Å². The monoisotopic (exact) mass is 245 g/mol. The fraction of sp³-hybridized carbons (Fsp3) is 0.357. The number of para-hydroxylation sites is 2. The molecule has 0 atom stereocenters. The molecule has 18 heavy (non-hydrogen) atoms. The first-order chi connectivity index (χ1) is 8.43. The Morgan fingerprint density at radius 1 is 1.22 bits per heavy atom. The zero-order chi connectivity index (χ0) is 13.3. The third-order valence-corrected chi connectivity index (χ3v) is 2.82. The summed E-state index contributed by atoms with van der Waals surface area (Å²) in [4.78, 5) is 0. The Bertz CT molecular complexity index is 552. The Balaban J connectivity index is 2.55. The fourth-order valence-electron chi connectivity index (χ4n) is 1.76. The van der Waals surface area contributed by atoms with Crippen LogP contribution in [0.2, 0.25) is 0 Å². The van der Waals surface area contributed by atoms with Crippen LogP contribution < -0.4 is 10.5 Å². The Morgan fingerprint density at radius 3 is 2.44 bits per heavy atom. The standard InChI is InChI=1S/C14H19N3O/c1-14(2,3)12-9-13(15)17(16-12)10-7-5-6-8-11(10)18-4/h5-9H,15H2,1-4H3. The van der Waals surface area contributed by atoms with E-state index < -0.39 is 0 Å². The van der Waals surface area contributed by atoms with Crippen LogP contribution in [0, 0.1) is 0 Å². The molecular formula is C14H19N3O. The van der Waals surface area contributed by atoms with Gasteiger partial charge in [0.1, 0.15) is 17.3 Å². The first-order valence-corrected chi connectivity index (χ1v) is 5.93. The Hall–Kier alpha value is -1.97. The van der Waals surface area contributed by atoms with Crippen LogP contribution in [0.25, 0.3) is 5.69 Å². The van der Waals surface area contributed by atoms with Gasteiger partial charge in [-0.2, -0.15) is 5.10 Å². The Labute approximate surface area is 107 Å². The van der Waals surface area contributed by atoms with Crippen molar-refractivity contribution in [1.82, 2.24) is 9.78 Å². The van der Waals surface area contributed by atoms with E-state index in [0.29, 0.717) is 5.82 Å². The first-order valence-electron chi connectivity index (χ1n) is 5.93. The van der Waals surface area contributed by atoms with Gasteiger partial charge in [-0.15, -0.1) is 0 Å². The quantitative estimate of drug-likeness (QED) is 0.885. The number of aromatic nitrogens is 2. The number of nitrogens with two attached hydrogens (primary N) is 1. The number of rotatable bonds is 2. The van der Waals surface area contributed by atoms with E-state index in [-0.39, 0.29) is 5.41 Å². The van der Waals surface area contributed by atoms with Gasteiger partial charge < -0.3 is 10.5 Å². The van der Waals surface area contributed by atoms with Gasteiger partial charge in [-0.3, -0.25) is 0 Å². The second kappa shape index (κ2) is 4.37. The minimum atomic E-state index is -0.0264. The molecule has 1 heterocycles. The van der Waals surface area contributed by atoms with Crippen molar-refractivity contribution >= 4 is 5.82 Å². The molecule has 4 heteroatoms. The zero-order valence-electron chi connectivity index (χ0n) is 11.3. The smallest absolute Gasteiger partial charge is 0.144 e. The van der Waals surface area contributed by atoms with E-state index in [1.807, 2.05) is 30.3 Å². The molecule has 1 aromatic heterocycles. The number of anilines is 1. The molecule has 96 valence electrons. The molecule has 0 radical (unpaired) electrons. The predicted octanol–water partition coefficient (Wildman–Crippen LogP) is 2.76. The molecule has 0 saturated heterocycles. The van der Waals surface area contributed by atoms with Crippen molar-refractivity contribution in [1.29, 1.82) is 0 Å². The molecule has 0 unspecified atom stereocenters. The van der Waals surface area contributed by atoms with Crippen LogP contribution in [-0.2, 0) is 5.41 Å². The van der Waals surface area contributed by atoms with E-state index in [4.69, 9.17) is 10.5 Å². The minimum absolute atomic E-state index is 0.0264. The van der Waals surface area contributed by atoms with Crippen LogP contribution in [0.3, 0.4) is 0 Å². The molecule has 0 aliphatic rings. The highest BCUT2D eigenvalue weighted by atomic mass is 16.5. The van der Waals surface area contributed by atoms with Gasteiger partial charge in [0.15, 0.2) is 0 Å². The Morgan fingerprint density at radius 2 is 1.89 bits per heavy atom. The lowest BCUT2D eigenvalue weighted by Gasteiger charge is -2.14. The van der Waals surface area contributed by atoms with E-state index in [9.17, 15) is 0 Å². The van der Waals surface area contributed by atoms with Crippen LogP contribution in [0.5, 0.6) is 5.75 Å². The number of hydrogen-bond donors (Lipinski definition) is 1. The highest BCUT2D eigenvalue weighted by Gasteiger charge is 2.20. The van der Waals surface area contributed by atoms with Gasteiger partial charge in [0.2, 0.25) is 0 Å². The minimum Gasteiger partial charge on any atom is -0.494 e. The summed E-state index contributed by atoms with van der Waals surface area (Å²) < 4.78 is 7.05. The summed E-state index contributed by atoms with van der Waals surface area (Å²) in [6.45, 7) is 6.34. The van der Waals surface area contributed by atoms with Gasteiger partial charge in [0.05, 0.1) is 12.8 Å². The molecule has 2 aromatic rings. The number of ether oxygens (including phenoxy) is 1. The molecular weight excluding hydrogens is 226 g/mol. The van der Waals surface area contributed by atoms with Gasteiger partial charge in [0.25, 0.3) is 0 Å². The maximum Gasteiger partial charge on any atom is 0.144 e. The van der Waals surface area contributed by atoms with Crippen molar-refractivity contribution in [2.45, 2.75) is 26.2 Å². The number of benzene rings is 1. The van der Waals surface area contributed by atoms with Crippen molar-refractivity contribution in [3.8, 4) is 11.4 Å². The van der Waals surface area contributed by atoms with Crippen LogP contribution >= 0.6 is 0 Å². The molecule has 0 aliphatic heterocycles. The first kappa shape index (κ1) is 12.5. The van der Waals surface area contributed by atoms with Crippen LogP contribution in [0.4, 0.5) is 5.82 Å². The average molecular weight is 245 g/mol. The van der Waals surface area contributed by atoms with E-state index in [2.05, 4.69) is 25.9 Å². The van der Waals surface area contributed by atoms with Gasteiger partial charge in [-0.1, -0.05) is 32.9 Å². The average Bonchev–Trinajstić information content (AvgIpc) is 2.71. The van der Waals surface area contributed by atoms with Gasteiger partial charge in [-0.05, 0) is 12.1 Å². The number of hydrogen-bond acceptors (Lipinski definition) is 3. The molecule has 2 N–H and O–H groups in total. The lowest BCUT2D eigenvalue weighted by Crippen LogP contribution is -2.12. The van der Waals surface area contributed by atoms with E-state index in [1.165, 1.54) is 0 Å². The summed E-state index contributed by atoms with van der Waals surface area (Å²) in [5.41, 5.74) is 7.83.